The van der Waals surface area contributed by atoms with Crippen molar-refractivity contribution in [1.82, 2.24) is 10.2 Å². The van der Waals surface area contributed by atoms with Gasteiger partial charge in [-0.05, 0) is 56.6 Å². The Hall–Kier alpha value is -2.21. The summed E-state index contributed by atoms with van der Waals surface area (Å²) >= 11 is 12.2. The molecule has 3 rings (SSSR count). The Morgan fingerprint density at radius 1 is 1.19 bits per heavy atom. The zero-order valence-electron chi connectivity index (χ0n) is 14.3. The van der Waals surface area contributed by atoms with Crippen molar-refractivity contribution in [3.63, 3.8) is 0 Å². The van der Waals surface area contributed by atoms with Crippen molar-refractivity contribution in [2.24, 2.45) is 0 Å². The Morgan fingerprint density at radius 3 is 2.69 bits per heavy atom. The van der Waals surface area contributed by atoms with Crippen LogP contribution in [0.2, 0.25) is 10.0 Å². The van der Waals surface area contributed by atoms with E-state index < -0.39 is 0 Å². The van der Waals surface area contributed by atoms with Crippen molar-refractivity contribution < 1.29 is 13.6 Å². The maximum atomic E-state index is 12.4. The monoisotopic (exact) mass is 392 g/mol. The number of halogens is 2. The van der Waals surface area contributed by atoms with E-state index in [1.807, 2.05) is 31.1 Å². The minimum atomic E-state index is -0.312. The standard InChI is InChI=1S/C19H18Cl2N2O3/c1-23(2)15(17-4-3-9-25-17)11-22-19(24)18-8-7-16(26-18)13-10-12(20)5-6-14(13)21/h3-10,15H,11H2,1-2H3,(H,22,24). The predicted octanol–water partition coefficient (Wildman–Crippen LogP) is 4.88. The maximum absolute atomic E-state index is 12.4. The van der Waals surface area contributed by atoms with Gasteiger partial charge in [-0.25, -0.2) is 0 Å². The molecule has 5 nitrogen and oxygen atoms in total. The number of carbonyl (C=O) groups is 1. The summed E-state index contributed by atoms with van der Waals surface area (Å²) < 4.78 is 11.1. The molecule has 26 heavy (non-hydrogen) atoms. The molecular weight excluding hydrogens is 375 g/mol. The van der Waals surface area contributed by atoms with E-state index >= 15 is 0 Å². The number of amides is 1. The van der Waals surface area contributed by atoms with Crippen molar-refractivity contribution >= 4 is 29.1 Å². The number of likely N-dealkylation sites (N-methyl/N-ethyl adjacent to an activating group) is 1. The van der Waals surface area contributed by atoms with Gasteiger partial charge in [0.1, 0.15) is 11.5 Å². The van der Waals surface area contributed by atoms with E-state index in [1.165, 1.54) is 0 Å². The molecule has 0 aliphatic carbocycles. The van der Waals surface area contributed by atoms with Crippen LogP contribution in [0.1, 0.15) is 22.4 Å². The summed E-state index contributed by atoms with van der Waals surface area (Å²) in [6, 6.07) is 12.0. The molecular formula is C19H18Cl2N2O3. The van der Waals surface area contributed by atoms with Crippen LogP contribution in [0.15, 0.2) is 57.6 Å². The van der Waals surface area contributed by atoms with Crippen LogP contribution in [0.25, 0.3) is 11.3 Å². The van der Waals surface area contributed by atoms with Gasteiger partial charge in [0.15, 0.2) is 5.76 Å². The molecule has 1 atom stereocenters. The number of carbonyl (C=O) groups excluding carboxylic acids is 1. The number of hydrogen-bond donors (Lipinski definition) is 1. The van der Waals surface area contributed by atoms with Gasteiger partial charge in [-0.3, -0.25) is 9.69 Å². The van der Waals surface area contributed by atoms with E-state index in [1.54, 1.807) is 36.6 Å². The SMILES string of the molecule is CN(C)C(CNC(=O)c1ccc(-c2cc(Cl)ccc2Cl)o1)c1ccco1. The summed E-state index contributed by atoms with van der Waals surface area (Å²) in [4.78, 5) is 14.4. The first-order valence-electron chi connectivity index (χ1n) is 7.99. The van der Waals surface area contributed by atoms with Crippen molar-refractivity contribution in [2.75, 3.05) is 20.6 Å². The van der Waals surface area contributed by atoms with E-state index in [2.05, 4.69) is 5.32 Å². The summed E-state index contributed by atoms with van der Waals surface area (Å²) in [5.74, 6) is 1.15. The van der Waals surface area contributed by atoms with E-state index in [4.69, 9.17) is 32.0 Å². The first-order valence-corrected chi connectivity index (χ1v) is 8.74. The molecule has 0 spiro atoms. The highest BCUT2D eigenvalue weighted by Crippen LogP contribution is 2.31. The van der Waals surface area contributed by atoms with Gasteiger partial charge in [-0.1, -0.05) is 23.2 Å². The largest absolute Gasteiger partial charge is 0.468 e. The van der Waals surface area contributed by atoms with Gasteiger partial charge < -0.3 is 14.2 Å². The Morgan fingerprint density at radius 2 is 2.00 bits per heavy atom. The smallest absolute Gasteiger partial charge is 0.287 e. The van der Waals surface area contributed by atoms with Gasteiger partial charge in [0, 0.05) is 17.1 Å². The van der Waals surface area contributed by atoms with Crippen molar-refractivity contribution in [1.29, 1.82) is 0 Å². The molecule has 0 aliphatic heterocycles. The Labute approximate surface area is 161 Å². The average Bonchev–Trinajstić information content (AvgIpc) is 3.28. The van der Waals surface area contributed by atoms with E-state index in [0.717, 1.165) is 5.76 Å². The molecule has 0 radical (unpaired) electrons. The highest BCUT2D eigenvalue weighted by Gasteiger charge is 2.20. The number of benzene rings is 1. The fraction of sp³-hybridized carbons (Fsp3) is 0.211. The molecule has 0 saturated heterocycles. The van der Waals surface area contributed by atoms with Gasteiger partial charge in [-0.15, -0.1) is 0 Å². The zero-order valence-corrected chi connectivity index (χ0v) is 15.8. The topological polar surface area (TPSA) is 58.6 Å². The lowest BCUT2D eigenvalue weighted by molar-refractivity contribution is 0.0912. The summed E-state index contributed by atoms with van der Waals surface area (Å²) in [7, 11) is 3.84. The second-order valence-corrected chi connectivity index (χ2v) is 6.84. The lowest BCUT2D eigenvalue weighted by atomic mass is 10.2. The normalized spacial score (nSPS) is 12.3. The van der Waals surface area contributed by atoms with Gasteiger partial charge in [-0.2, -0.15) is 0 Å². The Bertz CT molecular complexity index is 888. The lowest BCUT2D eigenvalue weighted by Gasteiger charge is -2.22. The van der Waals surface area contributed by atoms with Crippen molar-refractivity contribution in [2.45, 2.75) is 6.04 Å². The molecule has 0 fully saturated rings. The van der Waals surface area contributed by atoms with Gasteiger partial charge in [0.25, 0.3) is 5.91 Å². The van der Waals surface area contributed by atoms with E-state index in [-0.39, 0.29) is 17.7 Å². The highest BCUT2D eigenvalue weighted by molar-refractivity contribution is 6.35. The maximum Gasteiger partial charge on any atom is 0.287 e. The molecule has 1 N–H and O–H groups in total. The second-order valence-electron chi connectivity index (χ2n) is 5.99. The number of nitrogens with zero attached hydrogens (tertiary/aromatic N) is 1. The summed E-state index contributed by atoms with van der Waals surface area (Å²) in [6.07, 6.45) is 1.61. The number of hydrogen-bond acceptors (Lipinski definition) is 4. The van der Waals surface area contributed by atoms with Gasteiger partial charge in [0.05, 0.1) is 17.3 Å². The fourth-order valence-electron chi connectivity index (χ4n) is 2.59. The number of nitrogens with one attached hydrogen (secondary N) is 1. The van der Waals surface area contributed by atoms with Crippen LogP contribution in [0.3, 0.4) is 0 Å². The molecule has 2 aromatic heterocycles. The molecule has 0 aliphatic rings. The molecule has 1 aromatic carbocycles. The first-order chi connectivity index (χ1) is 12.5. The number of furan rings is 2. The molecule has 2 heterocycles. The van der Waals surface area contributed by atoms with Crippen LogP contribution >= 0.6 is 23.2 Å². The van der Waals surface area contributed by atoms with Crippen LogP contribution in [-0.2, 0) is 0 Å². The van der Waals surface area contributed by atoms with E-state index in [0.29, 0.717) is 27.9 Å². The third-order valence-corrected chi connectivity index (χ3v) is 4.54. The highest BCUT2D eigenvalue weighted by atomic mass is 35.5. The zero-order chi connectivity index (χ0) is 18.7. The molecule has 1 amide bonds. The third kappa shape index (κ3) is 4.12. The summed E-state index contributed by atoms with van der Waals surface area (Å²) in [5.41, 5.74) is 0.639. The minimum absolute atomic E-state index is 0.0780. The minimum Gasteiger partial charge on any atom is -0.468 e. The van der Waals surface area contributed by atoms with Gasteiger partial charge >= 0.3 is 0 Å². The molecule has 7 heteroatoms. The van der Waals surface area contributed by atoms with Crippen LogP contribution in [0.4, 0.5) is 0 Å². The fourth-order valence-corrected chi connectivity index (χ4v) is 2.97. The Balaban J connectivity index is 1.71. The number of rotatable bonds is 6. The van der Waals surface area contributed by atoms with Crippen LogP contribution in [0.5, 0.6) is 0 Å². The second kappa shape index (κ2) is 7.99. The molecule has 0 bridgehead atoms. The third-order valence-electron chi connectivity index (χ3n) is 3.97. The van der Waals surface area contributed by atoms with Crippen molar-refractivity contribution in [3.05, 3.63) is 70.3 Å². The van der Waals surface area contributed by atoms with Crippen LogP contribution in [-0.4, -0.2) is 31.4 Å². The van der Waals surface area contributed by atoms with Gasteiger partial charge in [0.2, 0.25) is 0 Å². The molecule has 3 aromatic rings. The molecule has 136 valence electrons. The summed E-state index contributed by atoms with van der Waals surface area (Å²) in [6.45, 7) is 0.382. The van der Waals surface area contributed by atoms with Crippen molar-refractivity contribution in [3.8, 4) is 11.3 Å². The molecule has 1 unspecified atom stereocenters. The quantitative estimate of drug-likeness (QED) is 0.649. The van der Waals surface area contributed by atoms with Crippen LogP contribution in [0, 0.1) is 0 Å². The lowest BCUT2D eigenvalue weighted by Crippen LogP contribution is -2.34. The molecule has 0 saturated carbocycles. The van der Waals surface area contributed by atoms with E-state index in [9.17, 15) is 4.79 Å². The van der Waals surface area contributed by atoms with Crippen LogP contribution < -0.4 is 5.32 Å². The first kappa shape index (κ1) is 18.6. The Kier molecular flexibility index (Phi) is 5.71. The average molecular weight is 393 g/mol. The predicted molar refractivity (Wildman–Crippen MR) is 102 cm³/mol. The summed E-state index contributed by atoms with van der Waals surface area (Å²) in [5, 5.41) is 3.91.